The van der Waals surface area contributed by atoms with Crippen molar-refractivity contribution < 1.29 is 37.0 Å². The minimum atomic E-state index is -1.14. The third-order valence-electron chi connectivity index (χ3n) is 7.25. The number of aromatic nitrogens is 1. The maximum absolute atomic E-state index is 14.9. The average Bonchev–Trinajstić information content (AvgIpc) is 3.37. The number of nitrogens with one attached hydrogen (secondary N) is 1. The van der Waals surface area contributed by atoms with Crippen LogP contribution in [-0.2, 0) is 19.0 Å². The monoisotopic (exact) mass is 621 g/mol. The molecule has 10 nitrogen and oxygen atoms in total. The van der Waals surface area contributed by atoms with Crippen LogP contribution in [0.5, 0.6) is 0 Å². The zero-order valence-electron chi connectivity index (χ0n) is 24.0. The Bertz CT molecular complexity index is 1500. The number of ether oxygens (including phenoxy) is 3. The summed E-state index contributed by atoms with van der Waals surface area (Å²) in [5, 5.41) is 3.00. The summed E-state index contributed by atoms with van der Waals surface area (Å²) in [6.45, 7) is 6.89. The highest BCUT2D eigenvalue weighted by molar-refractivity contribution is 6.31. The fourth-order valence-corrected chi connectivity index (χ4v) is 5.63. The number of morpholine rings is 1. The van der Waals surface area contributed by atoms with Crippen molar-refractivity contribution in [3.05, 3.63) is 75.5 Å². The van der Waals surface area contributed by atoms with Gasteiger partial charge >= 0.3 is 12.1 Å². The van der Waals surface area contributed by atoms with E-state index in [1.165, 1.54) is 19.2 Å². The van der Waals surface area contributed by atoms with Gasteiger partial charge in [-0.2, -0.15) is 0 Å². The van der Waals surface area contributed by atoms with Crippen molar-refractivity contribution in [1.29, 1.82) is 0 Å². The zero-order valence-corrected chi connectivity index (χ0v) is 24.8. The smallest absolute Gasteiger partial charge is 0.410 e. The number of amides is 1. The molecule has 0 bridgehead atoms. The molecule has 2 saturated heterocycles. The largest absolute Gasteiger partial charge is 0.466 e. The topological polar surface area (TPSA) is 106 Å². The predicted molar refractivity (Wildman–Crippen MR) is 150 cm³/mol. The van der Waals surface area contributed by atoms with Gasteiger partial charge in [0.2, 0.25) is 0 Å². The fraction of sp³-hybridized carbons (Fsp3) is 0.448. The summed E-state index contributed by atoms with van der Waals surface area (Å²) in [5.41, 5.74) is -0.341. The number of likely N-dealkylation sites (tertiary alicyclic amines) is 1. The second-order valence-electron chi connectivity index (χ2n) is 11.4. The SMILES string of the molecule is COC(=O)C1=C(CN2CCO[C@H]3CN(C(=O)OC(C)(C)C)C[C@H]32)NC(c2ncc(F)cc2F)=N[C@@H]1c1ccc(F)cc1Cl. The summed E-state index contributed by atoms with van der Waals surface area (Å²) < 4.78 is 59.2. The normalized spacial score (nSPS) is 22.6. The Hall–Kier alpha value is -3.68. The number of aliphatic imine (C=N–C) groups is 1. The van der Waals surface area contributed by atoms with E-state index >= 15 is 0 Å². The van der Waals surface area contributed by atoms with Gasteiger partial charge in [0.15, 0.2) is 11.7 Å². The Morgan fingerprint density at radius 1 is 1.16 bits per heavy atom. The third-order valence-corrected chi connectivity index (χ3v) is 7.58. The molecule has 0 spiro atoms. The van der Waals surface area contributed by atoms with E-state index < -0.39 is 41.2 Å². The average molecular weight is 622 g/mol. The zero-order chi connectivity index (χ0) is 31.1. The number of hydrogen-bond acceptors (Lipinski definition) is 9. The molecule has 5 rings (SSSR count). The number of halogens is 4. The predicted octanol–water partition coefficient (Wildman–Crippen LogP) is 3.99. The van der Waals surface area contributed by atoms with E-state index in [0.717, 1.165) is 12.3 Å². The highest BCUT2D eigenvalue weighted by Gasteiger charge is 2.44. The Labute approximate surface area is 251 Å². The lowest BCUT2D eigenvalue weighted by molar-refractivity contribution is -0.136. The van der Waals surface area contributed by atoms with E-state index in [9.17, 15) is 22.8 Å². The molecule has 1 aromatic carbocycles. The van der Waals surface area contributed by atoms with Gasteiger partial charge in [0.1, 0.15) is 29.0 Å². The second kappa shape index (κ2) is 12.1. The minimum Gasteiger partial charge on any atom is -0.466 e. The first-order valence-electron chi connectivity index (χ1n) is 13.6. The molecule has 2 aromatic rings. The van der Waals surface area contributed by atoms with Crippen molar-refractivity contribution in [3.63, 3.8) is 0 Å². The highest BCUT2D eigenvalue weighted by Crippen LogP contribution is 2.37. The molecule has 1 aromatic heterocycles. The van der Waals surface area contributed by atoms with Crippen molar-refractivity contribution in [2.24, 2.45) is 4.99 Å². The molecule has 3 atom stereocenters. The van der Waals surface area contributed by atoms with E-state index in [2.05, 4.69) is 15.3 Å². The molecular formula is C29H31ClF3N5O5. The van der Waals surface area contributed by atoms with Crippen LogP contribution in [0.2, 0.25) is 5.02 Å². The number of esters is 1. The molecule has 0 saturated carbocycles. The number of nitrogens with zero attached hydrogens (tertiary/aromatic N) is 4. The first-order valence-corrected chi connectivity index (χ1v) is 14.0. The lowest BCUT2D eigenvalue weighted by Gasteiger charge is -2.38. The highest BCUT2D eigenvalue weighted by atomic mass is 35.5. The number of benzene rings is 1. The van der Waals surface area contributed by atoms with Crippen LogP contribution >= 0.6 is 11.6 Å². The van der Waals surface area contributed by atoms with E-state index in [1.807, 2.05) is 4.90 Å². The molecule has 1 amide bonds. The Kier molecular flexibility index (Phi) is 8.68. The van der Waals surface area contributed by atoms with Crippen molar-refractivity contribution in [1.82, 2.24) is 20.1 Å². The van der Waals surface area contributed by atoms with Gasteiger partial charge in [-0.25, -0.2) is 27.7 Å². The lowest BCUT2D eigenvalue weighted by Crippen LogP contribution is -2.53. The second-order valence-corrected chi connectivity index (χ2v) is 11.8. The van der Waals surface area contributed by atoms with Crippen LogP contribution in [0.25, 0.3) is 0 Å². The molecule has 4 heterocycles. The summed E-state index contributed by atoms with van der Waals surface area (Å²) in [7, 11) is 1.21. The summed E-state index contributed by atoms with van der Waals surface area (Å²) in [4.78, 5) is 38.1. The van der Waals surface area contributed by atoms with Gasteiger partial charge in [0.05, 0.1) is 44.2 Å². The van der Waals surface area contributed by atoms with Crippen LogP contribution in [0.15, 0.2) is 46.7 Å². The van der Waals surface area contributed by atoms with E-state index in [1.54, 1.807) is 25.7 Å². The molecule has 1 N–H and O–H groups in total. The summed E-state index contributed by atoms with van der Waals surface area (Å²) in [6, 6.07) is 2.89. The number of carbonyl (C=O) groups excluding carboxylic acids is 2. The number of carbonyl (C=O) groups is 2. The lowest BCUT2D eigenvalue weighted by atomic mass is 9.94. The third kappa shape index (κ3) is 6.63. The van der Waals surface area contributed by atoms with Crippen LogP contribution in [0.3, 0.4) is 0 Å². The summed E-state index contributed by atoms with van der Waals surface area (Å²) >= 11 is 6.41. The molecule has 0 aliphatic carbocycles. The Balaban J connectivity index is 1.54. The first-order chi connectivity index (χ1) is 20.3. The van der Waals surface area contributed by atoms with Crippen LogP contribution in [0, 0.1) is 17.5 Å². The van der Waals surface area contributed by atoms with Gasteiger partial charge in [-0.05, 0) is 32.9 Å². The molecule has 14 heteroatoms. The van der Waals surface area contributed by atoms with Crippen molar-refractivity contribution in [3.8, 4) is 0 Å². The van der Waals surface area contributed by atoms with E-state index in [0.29, 0.717) is 38.0 Å². The Morgan fingerprint density at radius 3 is 2.60 bits per heavy atom. The standard InChI is InChI=1S/C29H31ClF3N5O5/c1-29(2,3)43-28(40)38-13-21-22(14-38)42-8-7-37(21)12-20-23(27(39)41-4)24(17-6-5-15(31)9-18(17)30)36-26(35-20)25-19(33)10-16(32)11-34-25/h5-6,9-11,21-22,24H,7-8,12-14H2,1-4H3,(H,35,36)/t21-,22+,24-/m1/s1. The summed E-state index contributed by atoms with van der Waals surface area (Å²) in [5.74, 6) is -3.28. The van der Waals surface area contributed by atoms with Crippen LogP contribution in [0.4, 0.5) is 18.0 Å². The van der Waals surface area contributed by atoms with Gasteiger partial charge in [-0.3, -0.25) is 9.89 Å². The number of fused-ring (bicyclic) bond motifs is 1. The molecule has 3 aliphatic heterocycles. The van der Waals surface area contributed by atoms with Gasteiger partial charge in [-0.1, -0.05) is 17.7 Å². The van der Waals surface area contributed by atoms with Crippen LogP contribution in [-0.4, -0.2) is 90.3 Å². The van der Waals surface area contributed by atoms with Gasteiger partial charge in [0, 0.05) is 42.0 Å². The van der Waals surface area contributed by atoms with Gasteiger partial charge in [-0.15, -0.1) is 0 Å². The maximum atomic E-state index is 14.9. The van der Waals surface area contributed by atoms with Crippen LogP contribution < -0.4 is 5.32 Å². The number of pyridine rings is 1. The molecule has 0 radical (unpaired) electrons. The van der Waals surface area contributed by atoms with Crippen molar-refractivity contribution in [2.75, 3.05) is 39.9 Å². The van der Waals surface area contributed by atoms with Gasteiger partial charge < -0.3 is 24.4 Å². The minimum absolute atomic E-state index is 0.0153. The molecule has 3 aliphatic rings. The first kappa shape index (κ1) is 30.8. The van der Waals surface area contributed by atoms with Gasteiger partial charge in [0.25, 0.3) is 0 Å². The van der Waals surface area contributed by atoms with E-state index in [4.69, 9.17) is 25.8 Å². The Morgan fingerprint density at radius 2 is 1.93 bits per heavy atom. The van der Waals surface area contributed by atoms with Crippen LogP contribution in [0.1, 0.15) is 38.1 Å². The quantitative estimate of drug-likeness (QED) is 0.500. The van der Waals surface area contributed by atoms with Crippen molar-refractivity contribution in [2.45, 2.75) is 44.6 Å². The molecule has 230 valence electrons. The number of amidine groups is 1. The summed E-state index contributed by atoms with van der Waals surface area (Å²) in [6.07, 6.45) is 0.0608. The molecule has 2 fully saturated rings. The van der Waals surface area contributed by atoms with E-state index in [-0.39, 0.29) is 46.4 Å². The number of methoxy groups -OCH3 is 1. The number of hydrogen-bond donors (Lipinski definition) is 1. The number of rotatable bonds is 5. The molecule has 43 heavy (non-hydrogen) atoms. The van der Waals surface area contributed by atoms with Crippen molar-refractivity contribution >= 4 is 29.5 Å². The molecule has 0 unspecified atom stereocenters. The maximum Gasteiger partial charge on any atom is 0.410 e. The molecular weight excluding hydrogens is 591 g/mol. The fourth-order valence-electron chi connectivity index (χ4n) is 5.36.